The summed E-state index contributed by atoms with van der Waals surface area (Å²) in [6.07, 6.45) is 2.49. The van der Waals surface area contributed by atoms with Gasteiger partial charge in [0.15, 0.2) is 0 Å². The molecule has 0 unspecified atom stereocenters. The van der Waals surface area contributed by atoms with Crippen molar-refractivity contribution in [1.82, 2.24) is 19.9 Å². The standard InChI is InChI=1S/C35H36N4O6/c1-6-21-17(2)25-14-30-23(8-11-34(42)43)19(4)27(38-30)16-32-24(9-12-35(44)45)20(5)28(39-32)15-31-22(7-10-33(40)41)18(3)26(37-31)13-29(21)36-25/h6,13-16,36-37H,1,7-12H2,2-5H3,(H,40,41)(H,42,43)(H,44,45). The summed E-state index contributed by atoms with van der Waals surface area (Å²) in [5.74, 6) is -2.72. The van der Waals surface area contributed by atoms with Crippen LogP contribution in [0, 0.1) is 13.8 Å². The zero-order valence-corrected chi connectivity index (χ0v) is 25.8. The Morgan fingerprint density at radius 2 is 1.11 bits per heavy atom. The Bertz CT molecular complexity index is 2010. The number of hydrogen-bond donors (Lipinski definition) is 5. The third kappa shape index (κ3) is 6.22. The molecule has 10 nitrogen and oxygen atoms in total. The summed E-state index contributed by atoms with van der Waals surface area (Å²) in [5.41, 5.74) is 12.6. The Hall–Kier alpha value is -5.25. The second-order valence-electron chi connectivity index (χ2n) is 11.5. The normalized spacial score (nSPS) is 13.0. The molecule has 0 amide bonds. The number of hydrogen-bond acceptors (Lipinski definition) is 5. The van der Waals surface area contributed by atoms with Crippen molar-refractivity contribution in [3.05, 3.63) is 75.9 Å². The molecule has 0 fully saturated rings. The Balaban J connectivity index is 1.91. The number of aliphatic carboxylic acids is 3. The van der Waals surface area contributed by atoms with Gasteiger partial charge in [-0.1, -0.05) is 12.7 Å². The van der Waals surface area contributed by atoms with Crippen LogP contribution in [0.3, 0.4) is 0 Å². The van der Waals surface area contributed by atoms with E-state index in [9.17, 15) is 29.7 Å². The molecule has 5 N–H and O–H groups in total. The molecule has 0 radical (unpaired) electrons. The summed E-state index contributed by atoms with van der Waals surface area (Å²) in [4.78, 5) is 51.5. The maximum Gasteiger partial charge on any atom is 0.303 e. The number of H-pyrrole nitrogens is 2. The third-order valence-electron chi connectivity index (χ3n) is 8.69. The van der Waals surface area contributed by atoms with Gasteiger partial charge in [0.1, 0.15) is 0 Å². The Kier molecular flexibility index (Phi) is 8.59. The van der Waals surface area contributed by atoms with Gasteiger partial charge < -0.3 is 25.3 Å². The molecule has 2 aliphatic heterocycles. The average Bonchev–Trinajstić information content (AvgIpc) is 3.63. The van der Waals surface area contributed by atoms with Crippen molar-refractivity contribution in [3.63, 3.8) is 0 Å². The van der Waals surface area contributed by atoms with E-state index < -0.39 is 17.9 Å². The van der Waals surface area contributed by atoms with Gasteiger partial charge in [0.2, 0.25) is 0 Å². The second kappa shape index (κ2) is 12.4. The minimum atomic E-state index is -0.920. The highest BCUT2D eigenvalue weighted by molar-refractivity contribution is 5.96. The number of carbonyl (C=O) groups is 3. The second-order valence-corrected chi connectivity index (χ2v) is 11.5. The number of rotatable bonds is 10. The number of nitrogens with one attached hydrogen (secondary N) is 2. The summed E-state index contributed by atoms with van der Waals surface area (Å²) in [6, 6.07) is 7.64. The summed E-state index contributed by atoms with van der Waals surface area (Å²) in [5, 5.41) is 28.4. The first kappa shape index (κ1) is 31.2. The Labute approximate surface area is 259 Å². The largest absolute Gasteiger partial charge is 0.481 e. The fourth-order valence-electron chi connectivity index (χ4n) is 6.09. The molecular weight excluding hydrogens is 572 g/mol. The summed E-state index contributed by atoms with van der Waals surface area (Å²) >= 11 is 0. The molecule has 10 heteroatoms. The predicted octanol–water partition coefficient (Wildman–Crippen LogP) is 7.18. The molecule has 3 aromatic heterocycles. The monoisotopic (exact) mass is 608 g/mol. The lowest BCUT2D eigenvalue weighted by atomic mass is 9.99. The van der Waals surface area contributed by atoms with E-state index in [-0.39, 0.29) is 25.7 Å². The minimum Gasteiger partial charge on any atom is -0.481 e. The van der Waals surface area contributed by atoms with E-state index in [0.717, 1.165) is 66.6 Å². The van der Waals surface area contributed by atoms with Crippen molar-refractivity contribution in [2.45, 2.75) is 66.2 Å². The summed E-state index contributed by atoms with van der Waals surface area (Å²) in [6.45, 7) is 11.8. The van der Waals surface area contributed by atoms with Gasteiger partial charge in [-0.3, -0.25) is 14.4 Å². The lowest BCUT2D eigenvalue weighted by Crippen LogP contribution is -1.98. The average molecular weight is 609 g/mol. The zero-order chi connectivity index (χ0) is 32.6. The van der Waals surface area contributed by atoms with Crippen molar-refractivity contribution < 1.29 is 29.7 Å². The molecule has 0 saturated heterocycles. The van der Waals surface area contributed by atoms with Crippen LogP contribution in [0.1, 0.15) is 91.0 Å². The molecule has 0 saturated carbocycles. The van der Waals surface area contributed by atoms with E-state index >= 15 is 0 Å². The maximum atomic E-state index is 11.6. The van der Waals surface area contributed by atoms with Crippen molar-refractivity contribution in [3.8, 4) is 0 Å². The van der Waals surface area contributed by atoms with Crippen molar-refractivity contribution >= 4 is 68.3 Å². The van der Waals surface area contributed by atoms with Crippen molar-refractivity contribution in [2.24, 2.45) is 0 Å². The number of aromatic nitrogens is 4. The fourth-order valence-corrected chi connectivity index (χ4v) is 6.09. The number of fused-ring (bicyclic) bond motifs is 8. The molecule has 0 spiro atoms. The van der Waals surface area contributed by atoms with Gasteiger partial charge in [0.25, 0.3) is 0 Å². The molecule has 5 rings (SSSR count). The first-order valence-electron chi connectivity index (χ1n) is 14.8. The minimum absolute atomic E-state index is 0.0395. The van der Waals surface area contributed by atoms with Crippen molar-refractivity contribution in [2.75, 3.05) is 0 Å². The highest BCUT2D eigenvalue weighted by atomic mass is 16.4. The molecule has 5 heterocycles. The summed E-state index contributed by atoms with van der Waals surface area (Å²) in [7, 11) is 0. The van der Waals surface area contributed by atoms with E-state index in [0.29, 0.717) is 35.6 Å². The first-order chi connectivity index (χ1) is 21.4. The van der Waals surface area contributed by atoms with Crippen LogP contribution >= 0.6 is 0 Å². The molecule has 2 aliphatic rings. The van der Waals surface area contributed by atoms with Gasteiger partial charge in [-0.2, -0.15) is 0 Å². The fraction of sp³-hybridized carbons (Fsp3) is 0.286. The smallest absolute Gasteiger partial charge is 0.303 e. The quantitative estimate of drug-likeness (QED) is 0.161. The Morgan fingerprint density at radius 1 is 0.644 bits per heavy atom. The van der Waals surface area contributed by atoms with Gasteiger partial charge >= 0.3 is 17.9 Å². The topological polar surface area (TPSA) is 169 Å². The van der Waals surface area contributed by atoms with Crippen LogP contribution in [-0.2, 0) is 20.8 Å². The van der Waals surface area contributed by atoms with E-state index in [1.807, 2.05) is 52.0 Å². The summed E-state index contributed by atoms with van der Waals surface area (Å²) < 4.78 is 0. The highest BCUT2D eigenvalue weighted by Gasteiger charge is 2.22. The van der Waals surface area contributed by atoms with Crippen LogP contribution < -0.4 is 0 Å². The number of carboxylic acid groups (broad SMARTS) is 3. The third-order valence-corrected chi connectivity index (χ3v) is 8.69. The predicted molar refractivity (Wildman–Crippen MR) is 175 cm³/mol. The molecule has 0 aromatic carbocycles. The van der Waals surface area contributed by atoms with Gasteiger partial charge in [0, 0.05) is 46.9 Å². The van der Waals surface area contributed by atoms with Crippen LogP contribution in [0.25, 0.3) is 50.4 Å². The highest BCUT2D eigenvalue weighted by Crippen LogP contribution is 2.38. The maximum absolute atomic E-state index is 11.6. The lowest BCUT2D eigenvalue weighted by Gasteiger charge is -2.04. The number of carboxylic acids is 3. The van der Waals surface area contributed by atoms with E-state index in [4.69, 9.17) is 9.97 Å². The first-order valence-corrected chi connectivity index (χ1v) is 14.8. The molecular formula is C35H36N4O6. The van der Waals surface area contributed by atoms with E-state index in [1.54, 1.807) is 6.08 Å². The van der Waals surface area contributed by atoms with Gasteiger partial charge in [-0.05, 0) is 110 Å². The molecule has 3 aromatic rings. The molecule has 0 aliphatic carbocycles. The SMILES string of the molecule is C=Cc1c(C)c2cc3nc(cc4nc(cc5[nH]c(cc1[nH]2)c(C)c5CCC(=O)O)C(C)=C4CCC(=O)O)C(C)=C3CCC(=O)O. The molecule has 8 bridgehead atoms. The number of aromatic amines is 2. The van der Waals surface area contributed by atoms with Crippen LogP contribution in [-0.4, -0.2) is 53.2 Å². The molecule has 45 heavy (non-hydrogen) atoms. The number of nitrogens with zero attached hydrogens (tertiary/aromatic N) is 2. The van der Waals surface area contributed by atoms with Crippen molar-refractivity contribution in [1.29, 1.82) is 0 Å². The van der Waals surface area contributed by atoms with E-state index in [2.05, 4.69) is 16.5 Å². The van der Waals surface area contributed by atoms with Crippen LogP contribution in [0.2, 0.25) is 0 Å². The zero-order valence-electron chi connectivity index (χ0n) is 25.8. The molecule has 232 valence electrons. The van der Waals surface area contributed by atoms with Crippen LogP contribution in [0.5, 0.6) is 0 Å². The molecule has 0 atom stereocenters. The van der Waals surface area contributed by atoms with Gasteiger partial charge in [0.05, 0.1) is 22.8 Å². The van der Waals surface area contributed by atoms with Crippen LogP contribution in [0.4, 0.5) is 0 Å². The van der Waals surface area contributed by atoms with Crippen LogP contribution in [0.15, 0.2) is 30.8 Å². The van der Waals surface area contributed by atoms with Gasteiger partial charge in [-0.15, -0.1) is 0 Å². The Morgan fingerprint density at radius 3 is 1.67 bits per heavy atom. The van der Waals surface area contributed by atoms with E-state index in [1.165, 1.54) is 0 Å². The number of aryl methyl sites for hydroxylation is 3. The van der Waals surface area contributed by atoms with Gasteiger partial charge in [-0.25, -0.2) is 9.97 Å². The lowest BCUT2D eigenvalue weighted by molar-refractivity contribution is -0.137. The number of allylic oxidation sites excluding steroid dienone is 4.